The van der Waals surface area contributed by atoms with E-state index in [-0.39, 0.29) is 10.7 Å². The van der Waals surface area contributed by atoms with Crippen molar-refractivity contribution in [2.75, 3.05) is 5.75 Å². The Labute approximate surface area is 105 Å². The van der Waals surface area contributed by atoms with Crippen LogP contribution in [0.15, 0.2) is 24.3 Å². The molecule has 0 radical (unpaired) electrons. The molecule has 0 amide bonds. The number of rotatable bonds is 3. The Balaban J connectivity index is 2.46. The molecule has 0 aromatic heterocycles. The summed E-state index contributed by atoms with van der Waals surface area (Å²) in [5.41, 5.74) is 0. The van der Waals surface area contributed by atoms with E-state index in [1.807, 2.05) is 0 Å². The van der Waals surface area contributed by atoms with Crippen molar-refractivity contribution in [2.24, 2.45) is 0 Å². The van der Waals surface area contributed by atoms with Gasteiger partial charge >= 0.3 is 5.97 Å². The molecule has 16 heavy (non-hydrogen) atoms. The zero-order valence-electron chi connectivity index (χ0n) is 9.62. The van der Waals surface area contributed by atoms with Crippen LogP contribution in [0.3, 0.4) is 0 Å². The fourth-order valence-electron chi connectivity index (χ4n) is 0.967. The van der Waals surface area contributed by atoms with E-state index in [1.165, 1.54) is 0 Å². The highest BCUT2D eigenvalue weighted by atomic mass is 35.5. The van der Waals surface area contributed by atoms with E-state index < -0.39 is 0 Å². The van der Waals surface area contributed by atoms with Gasteiger partial charge in [0.05, 0.1) is 5.75 Å². The lowest BCUT2D eigenvalue weighted by atomic mass is 10.3. The summed E-state index contributed by atoms with van der Waals surface area (Å²) in [5, 5.41) is 0.564. The molecule has 88 valence electrons. The first-order chi connectivity index (χ1) is 7.37. The quantitative estimate of drug-likeness (QED) is 0.610. The molecular formula is C12H15ClO2S. The molecule has 0 fully saturated rings. The Morgan fingerprint density at radius 3 is 2.69 bits per heavy atom. The Morgan fingerprint density at radius 2 is 2.12 bits per heavy atom. The average Bonchev–Trinajstić information content (AvgIpc) is 2.14. The Morgan fingerprint density at radius 1 is 1.44 bits per heavy atom. The molecule has 0 saturated carbocycles. The van der Waals surface area contributed by atoms with E-state index in [4.69, 9.17) is 16.3 Å². The van der Waals surface area contributed by atoms with Gasteiger partial charge in [0.2, 0.25) is 0 Å². The topological polar surface area (TPSA) is 26.3 Å². The maximum absolute atomic E-state index is 11.5. The third-order valence-corrected chi connectivity index (χ3v) is 3.13. The number of hydrogen-bond donors (Lipinski definition) is 0. The van der Waals surface area contributed by atoms with Crippen molar-refractivity contribution in [3.8, 4) is 5.75 Å². The second-order valence-corrected chi connectivity index (χ2v) is 6.57. The molecule has 1 rings (SSSR count). The molecule has 0 unspecified atom stereocenters. The van der Waals surface area contributed by atoms with Crippen molar-refractivity contribution >= 4 is 29.3 Å². The molecule has 0 N–H and O–H groups in total. The first-order valence-corrected chi connectivity index (χ1v) is 6.33. The molecule has 0 atom stereocenters. The van der Waals surface area contributed by atoms with Gasteiger partial charge in [-0.05, 0) is 18.2 Å². The monoisotopic (exact) mass is 258 g/mol. The number of hydrogen-bond acceptors (Lipinski definition) is 3. The summed E-state index contributed by atoms with van der Waals surface area (Å²) in [5.74, 6) is 0.588. The fraction of sp³-hybridized carbons (Fsp3) is 0.417. The molecule has 0 aliphatic heterocycles. The van der Waals surface area contributed by atoms with Crippen molar-refractivity contribution in [1.82, 2.24) is 0 Å². The zero-order chi connectivity index (χ0) is 12.2. The minimum absolute atomic E-state index is 0.0629. The van der Waals surface area contributed by atoms with Gasteiger partial charge < -0.3 is 4.74 Å². The molecule has 0 aliphatic carbocycles. The lowest BCUT2D eigenvalue weighted by molar-refractivity contribution is -0.131. The van der Waals surface area contributed by atoms with Crippen molar-refractivity contribution in [2.45, 2.75) is 25.5 Å². The molecule has 1 aromatic carbocycles. The van der Waals surface area contributed by atoms with Crippen molar-refractivity contribution in [1.29, 1.82) is 0 Å². The van der Waals surface area contributed by atoms with Gasteiger partial charge in [0.15, 0.2) is 0 Å². The molecule has 0 heterocycles. The molecule has 0 saturated heterocycles. The SMILES string of the molecule is CC(C)(C)SCC(=O)Oc1cccc(Cl)c1. The predicted octanol–water partition coefficient (Wildman–Crippen LogP) is 3.78. The van der Waals surface area contributed by atoms with Crippen LogP contribution in [0.5, 0.6) is 5.75 Å². The number of ether oxygens (including phenoxy) is 1. The number of halogens is 1. The van der Waals surface area contributed by atoms with Crippen LogP contribution in [0.1, 0.15) is 20.8 Å². The van der Waals surface area contributed by atoms with Crippen LogP contribution in [-0.4, -0.2) is 16.5 Å². The van der Waals surface area contributed by atoms with Crippen LogP contribution in [0, 0.1) is 0 Å². The molecule has 1 aromatic rings. The molecule has 0 bridgehead atoms. The summed E-state index contributed by atoms with van der Waals surface area (Å²) in [7, 11) is 0. The second-order valence-electron chi connectivity index (χ2n) is 4.33. The van der Waals surface area contributed by atoms with Gasteiger partial charge in [0.1, 0.15) is 5.75 Å². The summed E-state index contributed by atoms with van der Waals surface area (Å²) in [4.78, 5) is 11.5. The van der Waals surface area contributed by atoms with Crippen LogP contribution in [0.2, 0.25) is 5.02 Å². The van der Waals surface area contributed by atoms with Gasteiger partial charge in [-0.25, -0.2) is 0 Å². The van der Waals surface area contributed by atoms with Gasteiger partial charge in [0.25, 0.3) is 0 Å². The van der Waals surface area contributed by atoms with Crippen molar-refractivity contribution < 1.29 is 9.53 Å². The van der Waals surface area contributed by atoms with Crippen molar-refractivity contribution in [3.05, 3.63) is 29.3 Å². The highest BCUT2D eigenvalue weighted by molar-refractivity contribution is 8.01. The molecule has 4 heteroatoms. The summed E-state index contributed by atoms with van der Waals surface area (Å²) < 4.78 is 5.21. The van der Waals surface area contributed by atoms with E-state index in [1.54, 1.807) is 36.0 Å². The highest BCUT2D eigenvalue weighted by Crippen LogP contribution is 2.24. The van der Waals surface area contributed by atoms with Gasteiger partial charge in [-0.1, -0.05) is 38.4 Å². The van der Waals surface area contributed by atoms with Crippen molar-refractivity contribution in [3.63, 3.8) is 0 Å². The van der Waals surface area contributed by atoms with Crippen LogP contribution in [0.25, 0.3) is 0 Å². The van der Waals surface area contributed by atoms with E-state index in [2.05, 4.69) is 20.8 Å². The van der Waals surface area contributed by atoms with Crippen LogP contribution in [-0.2, 0) is 4.79 Å². The van der Waals surface area contributed by atoms with E-state index in [9.17, 15) is 4.79 Å². The van der Waals surface area contributed by atoms with E-state index in [0.717, 1.165) is 0 Å². The lowest BCUT2D eigenvalue weighted by Gasteiger charge is -2.16. The summed E-state index contributed by atoms with van der Waals surface area (Å²) in [6.07, 6.45) is 0. The Hall–Kier alpha value is -0.670. The Bertz CT molecular complexity index is 372. The van der Waals surface area contributed by atoms with Crippen LogP contribution < -0.4 is 4.74 Å². The minimum Gasteiger partial charge on any atom is -0.426 e. The van der Waals surface area contributed by atoms with E-state index >= 15 is 0 Å². The predicted molar refractivity (Wildman–Crippen MR) is 69.3 cm³/mol. The molecule has 2 nitrogen and oxygen atoms in total. The smallest absolute Gasteiger partial charge is 0.321 e. The number of carbonyl (C=O) groups excluding carboxylic acids is 1. The first kappa shape index (κ1) is 13.4. The summed E-state index contributed by atoms with van der Waals surface area (Å²) in [6, 6.07) is 6.83. The number of esters is 1. The third-order valence-electron chi connectivity index (χ3n) is 1.65. The largest absolute Gasteiger partial charge is 0.426 e. The number of carbonyl (C=O) groups is 1. The lowest BCUT2D eigenvalue weighted by Crippen LogP contribution is -2.16. The normalized spacial score (nSPS) is 11.2. The first-order valence-electron chi connectivity index (χ1n) is 4.97. The standard InChI is InChI=1S/C12H15ClO2S/c1-12(2,3)16-8-11(14)15-10-6-4-5-9(13)7-10/h4-7H,8H2,1-3H3. The second kappa shape index (κ2) is 5.60. The summed E-state index contributed by atoms with van der Waals surface area (Å²) in [6.45, 7) is 6.18. The zero-order valence-corrected chi connectivity index (χ0v) is 11.2. The fourth-order valence-corrected chi connectivity index (χ4v) is 1.76. The van der Waals surface area contributed by atoms with Crippen LogP contribution in [0.4, 0.5) is 0 Å². The molecule has 0 spiro atoms. The Kier molecular flexibility index (Phi) is 4.69. The number of benzene rings is 1. The van der Waals surface area contributed by atoms with Gasteiger partial charge in [-0.3, -0.25) is 4.79 Å². The number of thioether (sulfide) groups is 1. The molecule has 0 aliphatic rings. The van der Waals surface area contributed by atoms with E-state index in [0.29, 0.717) is 16.5 Å². The highest BCUT2D eigenvalue weighted by Gasteiger charge is 2.14. The minimum atomic E-state index is -0.248. The van der Waals surface area contributed by atoms with Gasteiger partial charge in [-0.15, -0.1) is 11.8 Å². The maximum atomic E-state index is 11.5. The van der Waals surface area contributed by atoms with Gasteiger partial charge in [-0.2, -0.15) is 0 Å². The molecular weight excluding hydrogens is 244 g/mol. The maximum Gasteiger partial charge on any atom is 0.321 e. The third kappa shape index (κ3) is 5.42. The average molecular weight is 259 g/mol. The van der Waals surface area contributed by atoms with Gasteiger partial charge in [0, 0.05) is 9.77 Å². The summed E-state index contributed by atoms with van der Waals surface area (Å²) >= 11 is 7.34. The van der Waals surface area contributed by atoms with Crippen LogP contribution >= 0.6 is 23.4 Å².